The number of para-hydroxylation sites is 1. The molecule has 3 rings (SSSR count). The van der Waals surface area contributed by atoms with Gasteiger partial charge in [-0.3, -0.25) is 0 Å². The number of ether oxygens (including phenoxy) is 1. The second-order valence-electron chi connectivity index (χ2n) is 4.89. The molecule has 1 aromatic heterocycles. The zero-order valence-corrected chi connectivity index (χ0v) is 12.0. The quantitative estimate of drug-likeness (QED) is 0.914. The van der Waals surface area contributed by atoms with Crippen LogP contribution in [0.25, 0.3) is 0 Å². The first-order valence-electron chi connectivity index (χ1n) is 6.70. The number of aromatic nitrogens is 2. The molecule has 1 aromatic carbocycles. The number of fused-ring (bicyclic) bond motifs is 1. The molecule has 0 radical (unpaired) electrons. The van der Waals surface area contributed by atoms with Crippen LogP contribution in [0.5, 0.6) is 5.75 Å². The van der Waals surface area contributed by atoms with Crippen LogP contribution < -0.4 is 10.1 Å². The molecule has 5 heteroatoms. The molecule has 1 N–H and O–H groups in total. The normalized spacial score (nSPS) is 17.8. The molecule has 0 spiro atoms. The molecule has 1 atom stereocenters. The van der Waals surface area contributed by atoms with Crippen LogP contribution in [0.3, 0.4) is 0 Å². The van der Waals surface area contributed by atoms with Crippen molar-refractivity contribution < 1.29 is 4.74 Å². The summed E-state index contributed by atoms with van der Waals surface area (Å²) >= 11 is 6.23. The van der Waals surface area contributed by atoms with Crippen LogP contribution in [0.4, 0.5) is 5.82 Å². The van der Waals surface area contributed by atoms with Crippen molar-refractivity contribution >= 4 is 17.4 Å². The van der Waals surface area contributed by atoms with E-state index in [0.717, 1.165) is 35.7 Å². The Kier molecular flexibility index (Phi) is 3.74. The van der Waals surface area contributed by atoms with Crippen molar-refractivity contribution in [3.8, 4) is 5.75 Å². The minimum atomic E-state index is 0.153. The van der Waals surface area contributed by atoms with E-state index in [9.17, 15) is 0 Å². The number of rotatable bonds is 2. The van der Waals surface area contributed by atoms with E-state index in [4.69, 9.17) is 16.3 Å². The number of aryl methyl sites for hydroxylation is 1. The Hall–Kier alpha value is -1.81. The van der Waals surface area contributed by atoms with Gasteiger partial charge in [0.15, 0.2) is 0 Å². The Bertz CT molecular complexity index is 618. The summed E-state index contributed by atoms with van der Waals surface area (Å²) in [5, 5.41) is 4.12. The van der Waals surface area contributed by atoms with Gasteiger partial charge in [0.25, 0.3) is 0 Å². The topological polar surface area (TPSA) is 47.0 Å². The van der Waals surface area contributed by atoms with Crippen LogP contribution in [0.15, 0.2) is 30.6 Å². The molecule has 4 nitrogen and oxygen atoms in total. The number of nitrogens with one attached hydrogen (secondary N) is 1. The summed E-state index contributed by atoms with van der Waals surface area (Å²) < 4.78 is 5.77. The Morgan fingerprint density at radius 2 is 2.25 bits per heavy atom. The maximum absolute atomic E-state index is 6.23. The lowest BCUT2D eigenvalue weighted by molar-refractivity contribution is 0.316. The van der Waals surface area contributed by atoms with Gasteiger partial charge in [-0.05, 0) is 25.8 Å². The zero-order chi connectivity index (χ0) is 13.9. The number of nitrogens with zero attached hydrogens (tertiary/aromatic N) is 2. The van der Waals surface area contributed by atoms with Gasteiger partial charge in [0, 0.05) is 17.3 Å². The fourth-order valence-electron chi connectivity index (χ4n) is 2.43. The summed E-state index contributed by atoms with van der Waals surface area (Å²) in [5.41, 5.74) is 2.03. The Balaban J connectivity index is 1.92. The van der Waals surface area contributed by atoms with Gasteiger partial charge in [0.1, 0.15) is 17.9 Å². The summed E-state index contributed by atoms with van der Waals surface area (Å²) in [6.07, 6.45) is 3.53. The van der Waals surface area contributed by atoms with Crippen LogP contribution in [0, 0.1) is 6.92 Å². The molecule has 104 valence electrons. The van der Waals surface area contributed by atoms with Crippen molar-refractivity contribution in [3.63, 3.8) is 0 Å². The minimum Gasteiger partial charge on any atom is -0.492 e. The molecule has 0 amide bonds. The molecule has 2 heterocycles. The maximum atomic E-state index is 6.23. The second kappa shape index (κ2) is 5.67. The lowest BCUT2D eigenvalue weighted by Crippen LogP contribution is -2.11. The van der Waals surface area contributed by atoms with E-state index < -0.39 is 0 Å². The van der Waals surface area contributed by atoms with Gasteiger partial charge in [0.05, 0.1) is 17.7 Å². The highest BCUT2D eigenvalue weighted by Gasteiger charge is 2.21. The minimum absolute atomic E-state index is 0.153. The number of anilines is 1. The van der Waals surface area contributed by atoms with Crippen LogP contribution in [-0.4, -0.2) is 16.6 Å². The van der Waals surface area contributed by atoms with Gasteiger partial charge in [-0.25, -0.2) is 9.97 Å². The monoisotopic (exact) mass is 289 g/mol. The number of hydrogen-bond acceptors (Lipinski definition) is 4. The van der Waals surface area contributed by atoms with E-state index in [2.05, 4.69) is 21.4 Å². The van der Waals surface area contributed by atoms with Gasteiger partial charge >= 0.3 is 0 Å². The summed E-state index contributed by atoms with van der Waals surface area (Å²) in [7, 11) is 0. The number of hydrogen-bond donors (Lipinski definition) is 1. The van der Waals surface area contributed by atoms with Crippen LogP contribution in [0.2, 0.25) is 5.02 Å². The molecule has 0 bridgehead atoms. The first-order chi connectivity index (χ1) is 9.74. The predicted molar refractivity (Wildman–Crippen MR) is 79.3 cm³/mol. The highest BCUT2D eigenvalue weighted by molar-refractivity contribution is 6.32. The molecule has 20 heavy (non-hydrogen) atoms. The maximum Gasteiger partial charge on any atom is 0.143 e. The highest BCUT2D eigenvalue weighted by Crippen LogP contribution is 2.38. The van der Waals surface area contributed by atoms with E-state index in [1.165, 1.54) is 0 Å². The van der Waals surface area contributed by atoms with E-state index in [0.29, 0.717) is 11.6 Å². The van der Waals surface area contributed by atoms with Crippen molar-refractivity contribution in [3.05, 3.63) is 46.9 Å². The lowest BCUT2D eigenvalue weighted by Gasteiger charge is -2.19. The van der Waals surface area contributed by atoms with Crippen molar-refractivity contribution in [2.45, 2.75) is 25.8 Å². The summed E-state index contributed by atoms with van der Waals surface area (Å²) in [6.45, 7) is 2.64. The third kappa shape index (κ3) is 2.70. The fraction of sp³-hybridized carbons (Fsp3) is 0.333. The first kappa shape index (κ1) is 13.2. The smallest absolute Gasteiger partial charge is 0.143 e. The average molecular weight is 290 g/mol. The fourth-order valence-corrected chi connectivity index (χ4v) is 2.67. The molecular weight excluding hydrogens is 274 g/mol. The standard InChI is InChI=1S/C15H16ClN3O/c1-10-8-14(18-9-17-10)19-13-6-3-7-20-15-11(13)4-2-5-12(15)16/h2,4-5,8-9,13H,3,6-7H2,1H3,(H,17,18,19). The molecular formula is C15H16ClN3O. The summed E-state index contributed by atoms with van der Waals surface area (Å²) in [5.74, 6) is 1.62. The van der Waals surface area contributed by atoms with Gasteiger partial charge in [-0.15, -0.1) is 0 Å². The molecule has 1 aliphatic heterocycles. The van der Waals surface area contributed by atoms with Crippen molar-refractivity contribution in [2.75, 3.05) is 11.9 Å². The number of benzene rings is 1. The van der Waals surface area contributed by atoms with Crippen LogP contribution in [-0.2, 0) is 0 Å². The third-order valence-electron chi connectivity index (χ3n) is 3.38. The molecule has 0 saturated heterocycles. The molecule has 1 unspecified atom stereocenters. The highest BCUT2D eigenvalue weighted by atomic mass is 35.5. The summed E-state index contributed by atoms with van der Waals surface area (Å²) in [4.78, 5) is 8.38. The zero-order valence-electron chi connectivity index (χ0n) is 11.3. The van der Waals surface area contributed by atoms with Crippen molar-refractivity contribution in [2.24, 2.45) is 0 Å². The van der Waals surface area contributed by atoms with E-state index >= 15 is 0 Å². The Morgan fingerprint density at radius 1 is 1.35 bits per heavy atom. The molecule has 0 aliphatic carbocycles. The van der Waals surface area contributed by atoms with Crippen molar-refractivity contribution in [1.29, 1.82) is 0 Å². The van der Waals surface area contributed by atoms with Crippen LogP contribution >= 0.6 is 11.6 Å². The molecule has 2 aromatic rings. The SMILES string of the molecule is Cc1cc(NC2CCCOc3c(Cl)cccc32)ncn1. The molecule has 1 aliphatic rings. The van der Waals surface area contributed by atoms with Gasteiger partial charge in [0.2, 0.25) is 0 Å². The Morgan fingerprint density at radius 3 is 3.10 bits per heavy atom. The second-order valence-corrected chi connectivity index (χ2v) is 5.30. The summed E-state index contributed by atoms with van der Waals surface area (Å²) in [6, 6.07) is 7.96. The first-order valence-corrected chi connectivity index (χ1v) is 7.08. The lowest BCUT2D eigenvalue weighted by atomic mass is 10.0. The van der Waals surface area contributed by atoms with Gasteiger partial charge < -0.3 is 10.1 Å². The van der Waals surface area contributed by atoms with E-state index in [1.807, 2.05) is 25.1 Å². The van der Waals surface area contributed by atoms with E-state index in [-0.39, 0.29) is 6.04 Å². The van der Waals surface area contributed by atoms with Crippen LogP contribution in [0.1, 0.15) is 30.1 Å². The molecule has 0 saturated carbocycles. The Labute approximate surface area is 123 Å². The molecule has 0 fully saturated rings. The van der Waals surface area contributed by atoms with Gasteiger partial charge in [-0.1, -0.05) is 23.7 Å². The third-order valence-corrected chi connectivity index (χ3v) is 3.68. The predicted octanol–water partition coefficient (Wildman–Crippen LogP) is 3.76. The van der Waals surface area contributed by atoms with E-state index in [1.54, 1.807) is 6.33 Å². The average Bonchev–Trinajstić information content (AvgIpc) is 2.63. The van der Waals surface area contributed by atoms with Gasteiger partial charge in [-0.2, -0.15) is 0 Å². The largest absolute Gasteiger partial charge is 0.492 e. The van der Waals surface area contributed by atoms with Crippen molar-refractivity contribution in [1.82, 2.24) is 9.97 Å². The number of halogens is 1.